The molecule has 0 radical (unpaired) electrons. The molecule has 0 unspecified atom stereocenters. The molecule has 2 aromatic carbocycles. The highest BCUT2D eigenvalue weighted by Gasteiger charge is 2.49. The fourth-order valence-electron chi connectivity index (χ4n) is 4.34. The van der Waals surface area contributed by atoms with Crippen LogP contribution in [0.15, 0.2) is 42.5 Å². The Hall–Kier alpha value is -2.95. The average molecular weight is 376 g/mol. The van der Waals surface area contributed by atoms with Crippen molar-refractivity contribution in [2.45, 2.75) is 39.5 Å². The van der Waals surface area contributed by atoms with Crippen LogP contribution in [0.25, 0.3) is 0 Å². The zero-order valence-corrected chi connectivity index (χ0v) is 16.2. The average Bonchev–Trinajstić information content (AvgIpc) is 2.96. The monoisotopic (exact) mass is 376 g/mol. The third kappa shape index (κ3) is 3.01. The largest absolute Gasteiger partial charge is 0.322 e. The van der Waals surface area contributed by atoms with E-state index < -0.39 is 0 Å². The number of aryl methyl sites for hydroxylation is 1. The molecular weight excluding hydrogens is 352 g/mol. The highest BCUT2D eigenvalue weighted by molar-refractivity contribution is 6.24. The van der Waals surface area contributed by atoms with E-state index >= 15 is 0 Å². The fraction of sp³-hybridized carbons (Fsp3) is 0.348. The summed E-state index contributed by atoms with van der Waals surface area (Å²) in [6.07, 6.45) is 3.46. The number of imide groups is 1. The Bertz CT molecular complexity index is 942. The van der Waals surface area contributed by atoms with E-state index in [1.807, 2.05) is 32.0 Å². The predicted octanol–water partition coefficient (Wildman–Crippen LogP) is 4.24. The Morgan fingerprint density at radius 3 is 2.25 bits per heavy atom. The van der Waals surface area contributed by atoms with Gasteiger partial charge in [-0.05, 0) is 56.0 Å². The van der Waals surface area contributed by atoms with Gasteiger partial charge in [-0.3, -0.25) is 14.4 Å². The second-order valence-corrected chi connectivity index (χ2v) is 7.73. The van der Waals surface area contributed by atoms with Crippen molar-refractivity contribution in [3.8, 4) is 0 Å². The van der Waals surface area contributed by atoms with Crippen molar-refractivity contribution in [2.24, 2.45) is 11.8 Å². The van der Waals surface area contributed by atoms with E-state index in [9.17, 15) is 14.4 Å². The summed E-state index contributed by atoms with van der Waals surface area (Å²) in [6.45, 7) is 3.94. The molecule has 144 valence electrons. The van der Waals surface area contributed by atoms with Gasteiger partial charge in [-0.15, -0.1) is 0 Å². The normalized spacial score (nSPS) is 21.6. The van der Waals surface area contributed by atoms with Crippen LogP contribution in [0.5, 0.6) is 0 Å². The van der Waals surface area contributed by atoms with Gasteiger partial charge in [0, 0.05) is 5.69 Å². The highest BCUT2D eigenvalue weighted by Crippen LogP contribution is 2.41. The van der Waals surface area contributed by atoms with Crippen LogP contribution in [-0.4, -0.2) is 17.7 Å². The number of benzene rings is 2. The first-order valence-electron chi connectivity index (χ1n) is 9.83. The summed E-state index contributed by atoms with van der Waals surface area (Å²) in [4.78, 5) is 40.2. The zero-order valence-electron chi connectivity index (χ0n) is 16.2. The lowest BCUT2D eigenvalue weighted by Crippen LogP contribution is -2.33. The van der Waals surface area contributed by atoms with Gasteiger partial charge >= 0.3 is 0 Å². The Labute approximate surface area is 164 Å². The maximum atomic E-state index is 13.0. The van der Waals surface area contributed by atoms with Gasteiger partial charge in [0.1, 0.15) is 0 Å². The number of para-hydroxylation sites is 1. The molecule has 4 rings (SSSR count). The minimum atomic E-state index is -0.320. The lowest BCUT2D eigenvalue weighted by molar-refractivity contribution is -0.122. The predicted molar refractivity (Wildman–Crippen MR) is 108 cm³/mol. The van der Waals surface area contributed by atoms with Crippen molar-refractivity contribution in [2.75, 3.05) is 10.2 Å². The topological polar surface area (TPSA) is 66.5 Å². The molecule has 28 heavy (non-hydrogen) atoms. The van der Waals surface area contributed by atoms with E-state index in [2.05, 4.69) is 5.32 Å². The molecule has 3 amide bonds. The van der Waals surface area contributed by atoms with E-state index in [0.29, 0.717) is 11.3 Å². The van der Waals surface area contributed by atoms with E-state index in [-0.39, 0.29) is 29.6 Å². The van der Waals surface area contributed by atoms with Gasteiger partial charge in [0.15, 0.2) is 0 Å². The number of rotatable bonds is 3. The zero-order chi connectivity index (χ0) is 19.8. The molecule has 2 aromatic rings. The highest BCUT2D eigenvalue weighted by atomic mass is 16.2. The third-order valence-electron chi connectivity index (χ3n) is 6.08. The summed E-state index contributed by atoms with van der Waals surface area (Å²) in [6, 6.07) is 12.6. The van der Waals surface area contributed by atoms with E-state index in [1.165, 1.54) is 4.90 Å². The van der Waals surface area contributed by atoms with Gasteiger partial charge in [-0.1, -0.05) is 37.1 Å². The summed E-state index contributed by atoms with van der Waals surface area (Å²) in [5, 5.41) is 2.94. The molecule has 0 bridgehead atoms. The number of nitrogens with one attached hydrogen (secondary N) is 1. The van der Waals surface area contributed by atoms with Crippen LogP contribution in [0.2, 0.25) is 0 Å². The van der Waals surface area contributed by atoms with Crippen molar-refractivity contribution in [3.63, 3.8) is 0 Å². The summed E-state index contributed by atoms with van der Waals surface area (Å²) in [5.41, 5.74) is 3.53. The lowest BCUT2D eigenvalue weighted by atomic mass is 9.81. The maximum absolute atomic E-state index is 13.0. The van der Waals surface area contributed by atoms with Crippen LogP contribution in [0.3, 0.4) is 0 Å². The summed E-state index contributed by atoms with van der Waals surface area (Å²) >= 11 is 0. The van der Waals surface area contributed by atoms with Crippen molar-refractivity contribution in [1.82, 2.24) is 0 Å². The molecule has 1 N–H and O–H groups in total. The molecule has 0 spiro atoms. The summed E-state index contributed by atoms with van der Waals surface area (Å²) < 4.78 is 0. The van der Waals surface area contributed by atoms with Crippen LogP contribution in [-0.2, 0) is 9.59 Å². The summed E-state index contributed by atoms with van der Waals surface area (Å²) in [7, 11) is 0. The van der Waals surface area contributed by atoms with Crippen LogP contribution in [0.1, 0.15) is 47.2 Å². The number of carbonyl (C=O) groups is 3. The second kappa shape index (κ2) is 7.23. The fourth-order valence-corrected chi connectivity index (χ4v) is 4.34. The number of fused-ring (bicyclic) bond motifs is 1. The number of nitrogens with zero attached hydrogens (tertiary/aromatic N) is 1. The van der Waals surface area contributed by atoms with Crippen molar-refractivity contribution in [3.05, 3.63) is 59.2 Å². The first-order valence-corrected chi connectivity index (χ1v) is 9.83. The van der Waals surface area contributed by atoms with Crippen LogP contribution < -0.4 is 10.2 Å². The quantitative estimate of drug-likeness (QED) is 0.815. The smallest absolute Gasteiger partial charge is 0.257 e. The molecule has 0 aromatic heterocycles. The molecule has 2 fully saturated rings. The molecule has 1 aliphatic carbocycles. The number of anilines is 2. The number of hydrogen-bond acceptors (Lipinski definition) is 3. The Morgan fingerprint density at radius 2 is 1.57 bits per heavy atom. The van der Waals surface area contributed by atoms with Crippen LogP contribution in [0.4, 0.5) is 11.4 Å². The Balaban J connectivity index is 1.67. The molecule has 1 saturated heterocycles. The molecule has 1 heterocycles. The van der Waals surface area contributed by atoms with E-state index in [1.54, 1.807) is 24.3 Å². The molecule has 5 nitrogen and oxygen atoms in total. The summed E-state index contributed by atoms with van der Waals surface area (Å²) in [5.74, 6) is -1.13. The van der Waals surface area contributed by atoms with E-state index in [4.69, 9.17) is 0 Å². The molecule has 2 atom stereocenters. The van der Waals surface area contributed by atoms with Gasteiger partial charge in [0.2, 0.25) is 11.8 Å². The number of amides is 3. The van der Waals surface area contributed by atoms with Gasteiger partial charge in [0.05, 0.1) is 23.1 Å². The molecule has 1 aliphatic heterocycles. The van der Waals surface area contributed by atoms with Crippen molar-refractivity contribution < 1.29 is 14.4 Å². The Kier molecular flexibility index (Phi) is 4.75. The lowest BCUT2D eigenvalue weighted by Gasteiger charge is -2.19. The minimum absolute atomic E-state index is 0.165. The van der Waals surface area contributed by atoms with Crippen LogP contribution >= 0.6 is 0 Å². The third-order valence-corrected chi connectivity index (χ3v) is 6.08. The number of hydrogen-bond donors (Lipinski definition) is 1. The SMILES string of the molecule is Cc1cccc(NC(=O)c2ccccc2N2C(=O)[C@H]3CCCC[C@H]3C2=O)c1C. The van der Waals surface area contributed by atoms with Gasteiger partial charge in [-0.2, -0.15) is 0 Å². The molecule has 2 aliphatic rings. The van der Waals surface area contributed by atoms with Crippen molar-refractivity contribution >= 4 is 29.1 Å². The van der Waals surface area contributed by atoms with Gasteiger partial charge in [-0.25, -0.2) is 4.90 Å². The van der Waals surface area contributed by atoms with E-state index in [0.717, 1.165) is 42.5 Å². The first-order chi connectivity index (χ1) is 13.5. The minimum Gasteiger partial charge on any atom is -0.322 e. The van der Waals surface area contributed by atoms with Crippen LogP contribution in [0, 0.1) is 25.7 Å². The van der Waals surface area contributed by atoms with Gasteiger partial charge in [0.25, 0.3) is 5.91 Å². The second-order valence-electron chi connectivity index (χ2n) is 7.73. The van der Waals surface area contributed by atoms with Gasteiger partial charge < -0.3 is 5.32 Å². The molecule has 1 saturated carbocycles. The maximum Gasteiger partial charge on any atom is 0.257 e. The molecule has 5 heteroatoms. The molecular formula is C23H24N2O3. The standard InChI is InChI=1S/C23H24N2O3/c1-14-8-7-12-19(15(14)2)24-21(26)18-11-5-6-13-20(18)25-22(27)16-9-3-4-10-17(16)23(25)28/h5-8,11-13,16-17H,3-4,9-10H2,1-2H3,(H,24,26)/t16-,17+. The first kappa shape index (κ1) is 18.4. The Morgan fingerprint density at radius 1 is 0.929 bits per heavy atom. The van der Waals surface area contributed by atoms with Crippen molar-refractivity contribution in [1.29, 1.82) is 0 Å². The number of carbonyl (C=O) groups excluding carboxylic acids is 3.